The standard InChI is InChI=1S/C16H21N3/c1-16(2)7-8-19(11-16)15-12(9-17)10-18-14-6-4-3-5-13(14)15/h3-6,10H,7-9,11,17H2,1-2H3. The minimum atomic E-state index is 0.385. The fraction of sp³-hybridized carbons (Fsp3) is 0.438. The average Bonchev–Trinajstić information content (AvgIpc) is 2.77. The molecule has 0 unspecified atom stereocenters. The van der Waals surface area contributed by atoms with Gasteiger partial charge in [-0.15, -0.1) is 0 Å². The SMILES string of the molecule is CC1(C)CCN(c2c(CN)cnc3ccccc23)C1. The fourth-order valence-corrected chi connectivity index (χ4v) is 2.99. The monoisotopic (exact) mass is 255 g/mol. The first kappa shape index (κ1) is 12.4. The Morgan fingerprint density at radius 1 is 1.32 bits per heavy atom. The summed E-state index contributed by atoms with van der Waals surface area (Å²) in [7, 11) is 0. The van der Waals surface area contributed by atoms with Crippen molar-refractivity contribution in [2.75, 3.05) is 18.0 Å². The zero-order valence-electron chi connectivity index (χ0n) is 11.7. The maximum atomic E-state index is 5.91. The first-order chi connectivity index (χ1) is 9.11. The van der Waals surface area contributed by atoms with Gasteiger partial charge in [0.05, 0.1) is 11.2 Å². The predicted octanol–water partition coefficient (Wildman–Crippen LogP) is 2.93. The van der Waals surface area contributed by atoms with Gasteiger partial charge in [0.1, 0.15) is 0 Å². The number of hydrogen-bond acceptors (Lipinski definition) is 3. The lowest BCUT2D eigenvalue weighted by Gasteiger charge is -2.25. The lowest BCUT2D eigenvalue weighted by atomic mass is 9.93. The average molecular weight is 255 g/mol. The lowest BCUT2D eigenvalue weighted by molar-refractivity contribution is 0.418. The molecule has 1 aromatic carbocycles. The Balaban J connectivity index is 2.15. The molecule has 1 saturated heterocycles. The number of para-hydroxylation sites is 1. The molecular formula is C16H21N3. The topological polar surface area (TPSA) is 42.1 Å². The number of anilines is 1. The van der Waals surface area contributed by atoms with Gasteiger partial charge < -0.3 is 10.6 Å². The van der Waals surface area contributed by atoms with Crippen LogP contribution in [0.25, 0.3) is 10.9 Å². The van der Waals surface area contributed by atoms with Gasteiger partial charge in [-0.3, -0.25) is 4.98 Å². The van der Waals surface area contributed by atoms with Gasteiger partial charge in [0, 0.05) is 36.8 Å². The van der Waals surface area contributed by atoms with Crippen molar-refractivity contribution in [2.45, 2.75) is 26.8 Å². The van der Waals surface area contributed by atoms with E-state index in [1.165, 1.54) is 17.5 Å². The van der Waals surface area contributed by atoms with E-state index >= 15 is 0 Å². The van der Waals surface area contributed by atoms with Crippen molar-refractivity contribution in [2.24, 2.45) is 11.1 Å². The highest BCUT2D eigenvalue weighted by atomic mass is 15.2. The first-order valence-corrected chi connectivity index (χ1v) is 6.92. The number of fused-ring (bicyclic) bond motifs is 1. The van der Waals surface area contributed by atoms with Gasteiger partial charge in [-0.1, -0.05) is 32.0 Å². The largest absolute Gasteiger partial charge is 0.370 e. The van der Waals surface area contributed by atoms with E-state index in [0.29, 0.717) is 12.0 Å². The highest BCUT2D eigenvalue weighted by Crippen LogP contribution is 2.37. The van der Waals surface area contributed by atoms with Gasteiger partial charge >= 0.3 is 0 Å². The normalized spacial score (nSPS) is 18.2. The highest BCUT2D eigenvalue weighted by molar-refractivity contribution is 5.93. The van der Waals surface area contributed by atoms with Crippen LogP contribution in [-0.4, -0.2) is 18.1 Å². The van der Waals surface area contributed by atoms with Crippen LogP contribution in [0.3, 0.4) is 0 Å². The molecule has 3 rings (SSSR count). The Hall–Kier alpha value is -1.61. The van der Waals surface area contributed by atoms with Gasteiger partial charge in [0.15, 0.2) is 0 Å². The molecule has 3 nitrogen and oxygen atoms in total. The molecule has 19 heavy (non-hydrogen) atoms. The quantitative estimate of drug-likeness (QED) is 0.897. The zero-order valence-corrected chi connectivity index (χ0v) is 11.7. The molecule has 100 valence electrons. The number of nitrogens with two attached hydrogens (primary N) is 1. The third-order valence-corrected chi connectivity index (χ3v) is 4.04. The third-order valence-electron chi connectivity index (χ3n) is 4.04. The molecular weight excluding hydrogens is 234 g/mol. The van der Waals surface area contributed by atoms with E-state index < -0.39 is 0 Å². The first-order valence-electron chi connectivity index (χ1n) is 6.92. The van der Waals surface area contributed by atoms with E-state index in [1.807, 2.05) is 12.3 Å². The van der Waals surface area contributed by atoms with Crippen LogP contribution in [0.1, 0.15) is 25.8 Å². The second-order valence-corrected chi connectivity index (χ2v) is 6.19. The Bertz CT molecular complexity index is 604. The Labute approximate surface area is 114 Å². The molecule has 0 spiro atoms. The van der Waals surface area contributed by atoms with Gasteiger partial charge in [-0.25, -0.2) is 0 Å². The molecule has 0 amide bonds. The van der Waals surface area contributed by atoms with Crippen LogP contribution in [0.15, 0.2) is 30.5 Å². The third kappa shape index (κ3) is 2.19. The zero-order chi connectivity index (χ0) is 13.5. The number of rotatable bonds is 2. The fourth-order valence-electron chi connectivity index (χ4n) is 2.99. The lowest BCUT2D eigenvalue weighted by Crippen LogP contribution is -2.24. The summed E-state index contributed by atoms with van der Waals surface area (Å²) in [5.41, 5.74) is 9.79. The van der Waals surface area contributed by atoms with E-state index in [9.17, 15) is 0 Å². The van der Waals surface area contributed by atoms with Gasteiger partial charge in [0.25, 0.3) is 0 Å². The highest BCUT2D eigenvalue weighted by Gasteiger charge is 2.31. The summed E-state index contributed by atoms with van der Waals surface area (Å²) in [6.07, 6.45) is 3.16. The number of aromatic nitrogens is 1. The molecule has 0 aliphatic carbocycles. The van der Waals surface area contributed by atoms with Crippen molar-refractivity contribution < 1.29 is 0 Å². The summed E-state index contributed by atoms with van der Waals surface area (Å²) in [5.74, 6) is 0. The van der Waals surface area contributed by atoms with Crippen LogP contribution in [0.2, 0.25) is 0 Å². The van der Waals surface area contributed by atoms with Crippen LogP contribution >= 0.6 is 0 Å². The molecule has 0 saturated carbocycles. The Morgan fingerprint density at radius 3 is 2.79 bits per heavy atom. The van der Waals surface area contributed by atoms with Crippen LogP contribution < -0.4 is 10.6 Å². The van der Waals surface area contributed by atoms with Gasteiger partial charge in [-0.2, -0.15) is 0 Å². The number of pyridine rings is 1. The minimum absolute atomic E-state index is 0.385. The van der Waals surface area contributed by atoms with E-state index in [2.05, 4.69) is 41.9 Å². The number of benzene rings is 1. The molecule has 0 bridgehead atoms. The van der Waals surface area contributed by atoms with Crippen molar-refractivity contribution in [3.63, 3.8) is 0 Å². The van der Waals surface area contributed by atoms with E-state index in [-0.39, 0.29) is 0 Å². The molecule has 1 aliphatic rings. The van der Waals surface area contributed by atoms with Crippen LogP contribution in [0.4, 0.5) is 5.69 Å². The molecule has 2 aromatic rings. The second kappa shape index (κ2) is 4.49. The number of hydrogen-bond donors (Lipinski definition) is 1. The maximum Gasteiger partial charge on any atom is 0.0723 e. The van der Waals surface area contributed by atoms with Crippen molar-refractivity contribution >= 4 is 16.6 Å². The molecule has 3 heteroatoms. The predicted molar refractivity (Wildman–Crippen MR) is 80.2 cm³/mol. The summed E-state index contributed by atoms with van der Waals surface area (Å²) in [4.78, 5) is 6.99. The van der Waals surface area contributed by atoms with Crippen molar-refractivity contribution in [3.8, 4) is 0 Å². The Kier molecular flexibility index (Phi) is 2.94. The molecule has 1 aromatic heterocycles. The molecule has 0 atom stereocenters. The maximum absolute atomic E-state index is 5.91. The summed E-state index contributed by atoms with van der Waals surface area (Å²) in [6, 6.07) is 8.34. The van der Waals surface area contributed by atoms with Gasteiger partial charge in [-0.05, 0) is 17.9 Å². The molecule has 2 heterocycles. The van der Waals surface area contributed by atoms with Crippen LogP contribution in [0, 0.1) is 5.41 Å². The molecule has 0 radical (unpaired) electrons. The summed E-state index contributed by atoms with van der Waals surface area (Å²) in [5, 5.41) is 1.23. The van der Waals surface area contributed by atoms with Crippen LogP contribution in [0.5, 0.6) is 0 Å². The molecule has 1 aliphatic heterocycles. The second-order valence-electron chi connectivity index (χ2n) is 6.19. The molecule has 1 fully saturated rings. The van der Waals surface area contributed by atoms with E-state index in [0.717, 1.165) is 24.2 Å². The smallest absolute Gasteiger partial charge is 0.0723 e. The Morgan fingerprint density at radius 2 is 2.11 bits per heavy atom. The van der Waals surface area contributed by atoms with E-state index in [4.69, 9.17) is 5.73 Å². The van der Waals surface area contributed by atoms with Crippen molar-refractivity contribution in [1.29, 1.82) is 0 Å². The summed E-state index contributed by atoms with van der Waals surface area (Å²) in [6.45, 7) is 7.41. The van der Waals surface area contributed by atoms with Crippen molar-refractivity contribution in [3.05, 3.63) is 36.0 Å². The summed E-state index contributed by atoms with van der Waals surface area (Å²) >= 11 is 0. The number of nitrogens with zero attached hydrogens (tertiary/aromatic N) is 2. The van der Waals surface area contributed by atoms with Crippen LogP contribution in [-0.2, 0) is 6.54 Å². The van der Waals surface area contributed by atoms with Gasteiger partial charge in [0.2, 0.25) is 0 Å². The van der Waals surface area contributed by atoms with Crippen molar-refractivity contribution in [1.82, 2.24) is 4.98 Å². The minimum Gasteiger partial charge on any atom is -0.370 e. The summed E-state index contributed by atoms with van der Waals surface area (Å²) < 4.78 is 0. The molecule has 2 N–H and O–H groups in total. The van der Waals surface area contributed by atoms with E-state index in [1.54, 1.807) is 0 Å².